The Morgan fingerprint density at radius 1 is 1.40 bits per heavy atom. The smallest absolute Gasteiger partial charge is 0.175 e. The maximum absolute atomic E-state index is 5.39. The van der Waals surface area contributed by atoms with Crippen LogP contribution in [0, 0.1) is 0 Å². The molecule has 0 amide bonds. The zero-order valence-corrected chi connectivity index (χ0v) is 9.15. The van der Waals surface area contributed by atoms with Gasteiger partial charge in [0.2, 0.25) is 0 Å². The van der Waals surface area contributed by atoms with Crippen LogP contribution in [0.1, 0.15) is 10.7 Å². The van der Waals surface area contributed by atoms with Gasteiger partial charge in [-0.1, -0.05) is 6.07 Å². The molecule has 0 aliphatic rings. The van der Waals surface area contributed by atoms with Gasteiger partial charge in [0.1, 0.15) is 0 Å². The van der Waals surface area contributed by atoms with Crippen molar-refractivity contribution in [1.82, 2.24) is 20.2 Å². The van der Waals surface area contributed by atoms with Crippen molar-refractivity contribution < 1.29 is 0 Å². The van der Waals surface area contributed by atoms with Gasteiger partial charge < -0.3 is 5.73 Å². The molecule has 2 heterocycles. The van der Waals surface area contributed by atoms with Crippen LogP contribution in [0.4, 0.5) is 0 Å². The predicted molar refractivity (Wildman–Crippen MR) is 58.6 cm³/mol. The Morgan fingerprint density at radius 2 is 2.33 bits per heavy atom. The summed E-state index contributed by atoms with van der Waals surface area (Å²) < 4.78 is 0. The van der Waals surface area contributed by atoms with E-state index in [1.54, 1.807) is 16.1 Å². The Balaban J connectivity index is 1.88. The molecule has 6 heteroatoms. The van der Waals surface area contributed by atoms with Gasteiger partial charge in [0.15, 0.2) is 5.82 Å². The molecule has 0 aromatic carbocycles. The number of hydrogen-bond donors (Lipinski definition) is 1. The lowest BCUT2D eigenvalue weighted by Crippen LogP contribution is -2.12. The van der Waals surface area contributed by atoms with Crippen molar-refractivity contribution in [3.8, 4) is 0 Å². The Hall–Kier alpha value is -1.27. The molecule has 0 unspecified atom stereocenters. The lowest BCUT2D eigenvalue weighted by molar-refractivity contribution is 0.528. The minimum atomic E-state index is 0.542. The first-order valence-corrected chi connectivity index (χ1v) is 5.75. The number of nitrogens with two attached hydrogens (primary N) is 1. The fourth-order valence-electron chi connectivity index (χ4n) is 1.28. The van der Waals surface area contributed by atoms with E-state index in [2.05, 4.69) is 32.9 Å². The lowest BCUT2D eigenvalue weighted by atomic mass is 10.2. The molecular formula is C9H13N5S. The molecule has 2 N–H and O–H groups in total. The van der Waals surface area contributed by atoms with Gasteiger partial charge >= 0.3 is 0 Å². The van der Waals surface area contributed by atoms with Crippen LogP contribution >= 0.6 is 11.3 Å². The summed E-state index contributed by atoms with van der Waals surface area (Å²) in [6, 6.07) is 4.17. The van der Waals surface area contributed by atoms with E-state index < -0.39 is 0 Å². The van der Waals surface area contributed by atoms with Crippen molar-refractivity contribution in [2.75, 3.05) is 6.54 Å². The van der Waals surface area contributed by atoms with Crippen LogP contribution in [0.15, 0.2) is 17.5 Å². The fraction of sp³-hybridized carbons (Fsp3) is 0.444. The molecule has 0 aliphatic carbocycles. The molecule has 15 heavy (non-hydrogen) atoms. The first kappa shape index (κ1) is 10.3. The standard InChI is InChI=1S/C9H13N5S/c10-5-6-14-12-9(11-13-14)4-3-8-2-1-7-15-8/h1-2,7H,3-6,10H2. The number of aromatic nitrogens is 4. The van der Waals surface area contributed by atoms with Crippen LogP contribution in [0.3, 0.4) is 0 Å². The Kier molecular flexibility index (Phi) is 3.41. The summed E-state index contributed by atoms with van der Waals surface area (Å²) in [6.45, 7) is 1.17. The Morgan fingerprint density at radius 3 is 3.07 bits per heavy atom. The SMILES string of the molecule is NCCn1nnc(CCc2cccs2)n1. The van der Waals surface area contributed by atoms with E-state index in [1.807, 2.05) is 0 Å². The van der Waals surface area contributed by atoms with Gasteiger partial charge in [-0.25, -0.2) is 0 Å². The summed E-state index contributed by atoms with van der Waals surface area (Å²) in [5.74, 6) is 0.789. The van der Waals surface area contributed by atoms with Crippen LogP contribution < -0.4 is 5.73 Å². The maximum Gasteiger partial charge on any atom is 0.175 e. The Labute approximate surface area is 91.9 Å². The van der Waals surface area contributed by atoms with E-state index in [4.69, 9.17) is 5.73 Å². The molecule has 0 radical (unpaired) electrons. The molecule has 0 aliphatic heterocycles. The quantitative estimate of drug-likeness (QED) is 0.800. The van der Waals surface area contributed by atoms with Gasteiger partial charge in [0.25, 0.3) is 0 Å². The van der Waals surface area contributed by atoms with Gasteiger partial charge in [0, 0.05) is 17.8 Å². The molecular weight excluding hydrogens is 210 g/mol. The molecule has 0 atom stereocenters. The monoisotopic (exact) mass is 223 g/mol. The summed E-state index contributed by atoms with van der Waals surface area (Å²) in [4.78, 5) is 2.90. The molecule has 2 rings (SSSR count). The van der Waals surface area contributed by atoms with Gasteiger partial charge in [0.05, 0.1) is 6.54 Å². The largest absolute Gasteiger partial charge is 0.329 e. The van der Waals surface area contributed by atoms with E-state index in [0.29, 0.717) is 13.1 Å². The van der Waals surface area contributed by atoms with E-state index in [-0.39, 0.29) is 0 Å². The van der Waals surface area contributed by atoms with E-state index in [9.17, 15) is 0 Å². The summed E-state index contributed by atoms with van der Waals surface area (Å²) in [6.07, 6.45) is 1.82. The molecule has 0 spiro atoms. The van der Waals surface area contributed by atoms with Gasteiger partial charge in [-0.2, -0.15) is 4.80 Å². The maximum atomic E-state index is 5.39. The van der Waals surface area contributed by atoms with E-state index in [1.165, 1.54) is 4.88 Å². The molecule has 2 aromatic rings. The van der Waals surface area contributed by atoms with Crippen molar-refractivity contribution in [3.05, 3.63) is 28.2 Å². The number of rotatable bonds is 5. The van der Waals surface area contributed by atoms with Crippen molar-refractivity contribution >= 4 is 11.3 Å². The highest BCUT2D eigenvalue weighted by Gasteiger charge is 2.02. The molecule has 0 saturated heterocycles. The van der Waals surface area contributed by atoms with Crippen molar-refractivity contribution in [2.24, 2.45) is 5.73 Å². The highest BCUT2D eigenvalue weighted by atomic mass is 32.1. The highest BCUT2D eigenvalue weighted by molar-refractivity contribution is 7.09. The summed E-state index contributed by atoms with van der Waals surface area (Å²) in [5.41, 5.74) is 5.39. The first-order valence-electron chi connectivity index (χ1n) is 4.87. The number of aryl methyl sites for hydroxylation is 2. The van der Waals surface area contributed by atoms with Gasteiger partial charge in [-0.3, -0.25) is 0 Å². The highest BCUT2D eigenvalue weighted by Crippen LogP contribution is 2.10. The molecule has 2 aromatic heterocycles. The molecule has 0 saturated carbocycles. The summed E-state index contributed by atoms with van der Waals surface area (Å²) in [7, 11) is 0. The second-order valence-electron chi connectivity index (χ2n) is 3.17. The van der Waals surface area contributed by atoms with Crippen LogP contribution in [-0.4, -0.2) is 26.8 Å². The minimum absolute atomic E-state index is 0.542. The second-order valence-corrected chi connectivity index (χ2v) is 4.20. The summed E-state index contributed by atoms with van der Waals surface area (Å²) in [5, 5.41) is 14.2. The van der Waals surface area contributed by atoms with Crippen LogP contribution in [-0.2, 0) is 19.4 Å². The number of thiophene rings is 1. The van der Waals surface area contributed by atoms with Crippen molar-refractivity contribution in [3.63, 3.8) is 0 Å². The zero-order chi connectivity index (χ0) is 10.5. The predicted octanol–water partition coefficient (Wildman–Crippen LogP) is 0.478. The topological polar surface area (TPSA) is 69.6 Å². The van der Waals surface area contributed by atoms with E-state index >= 15 is 0 Å². The normalized spacial score (nSPS) is 10.7. The summed E-state index contributed by atoms with van der Waals surface area (Å²) >= 11 is 1.76. The van der Waals surface area contributed by atoms with Gasteiger partial charge in [-0.15, -0.1) is 21.5 Å². The minimum Gasteiger partial charge on any atom is -0.329 e. The molecule has 0 bridgehead atoms. The fourth-order valence-corrected chi connectivity index (χ4v) is 1.99. The third-order valence-electron chi connectivity index (χ3n) is 2.00. The number of tetrazole rings is 1. The number of hydrogen-bond acceptors (Lipinski definition) is 5. The first-order chi connectivity index (χ1) is 7.38. The zero-order valence-electron chi connectivity index (χ0n) is 8.33. The van der Waals surface area contributed by atoms with Crippen molar-refractivity contribution in [2.45, 2.75) is 19.4 Å². The lowest BCUT2D eigenvalue weighted by Gasteiger charge is -1.93. The molecule has 5 nitrogen and oxygen atoms in total. The van der Waals surface area contributed by atoms with Crippen molar-refractivity contribution in [1.29, 1.82) is 0 Å². The number of nitrogens with zero attached hydrogens (tertiary/aromatic N) is 4. The van der Waals surface area contributed by atoms with Gasteiger partial charge in [-0.05, 0) is 23.1 Å². The van der Waals surface area contributed by atoms with Crippen LogP contribution in [0.25, 0.3) is 0 Å². The average Bonchev–Trinajstić information content (AvgIpc) is 2.85. The third-order valence-corrected chi connectivity index (χ3v) is 2.93. The van der Waals surface area contributed by atoms with Crippen LogP contribution in [0.5, 0.6) is 0 Å². The second kappa shape index (κ2) is 4.99. The van der Waals surface area contributed by atoms with E-state index in [0.717, 1.165) is 18.7 Å². The molecule has 80 valence electrons. The third kappa shape index (κ3) is 2.84. The van der Waals surface area contributed by atoms with Crippen LogP contribution in [0.2, 0.25) is 0 Å². The molecule has 0 fully saturated rings. The average molecular weight is 223 g/mol. The Bertz CT molecular complexity index is 394.